The first-order valence-corrected chi connectivity index (χ1v) is 7.33. The second kappa shape index (κ2) is 6.89. The van der Waals surface area contributed by atoms with Gasteiger partial charge in [0.15, 0.2) is 0 Å². The van der Waals surface area contributed by atoms with Crippen LogP contribution < -0.4 is 11.0 Å². The van der Waals surface area contributed by atoms with Crippen molar-refractivity contribution in [2.75, 3.05) is 0 Å². The number of aromatic nitrogens is 2. The molecule has 0 atom stereocenters. The first kappa shape index (κ1) is 15.6. The van der Waals surface area contributed by atoms with E-state index < -0.39 is 5.91 Å². The van der Waals surface area contributed by atoms with Gasteiger partial charge in [0.25, 0.3) is 11.5 Å². The third kappa shape index (κ3) is 3.39. The SMILES string of the molecule is O=C(/C=C/c1cccn(Cc2ccc3ccccc3n2)c1=O)NO. The number of fused-ring (bicyclic) bond motifs is 1. The van der Waals surface area contributed by atoms with Crippen molar-refractivity contribution in [1.29, 1.82) is 0 Å². The second-order valence-electron chi connectivity index (χ2n) is 5.20. The van der Waals surface area contributed by atoms with Crippen molar-refractivity contribution in [1.82, 2.24) is 15.0 Å². The fourth-order valence-corrected chi connectivity index (χ4v) is 2.38. The zero-order valence-electron chi connectivity index (χ0n) is 12.7. The first-order valence-electron chi connectivity index (χ1n) is 7.33. The van der Waals surface area contributed by atoms with Gasteiger partial charge in [-0.2, -0.15) is 0 Å². The summed E-state index contributed by atoms with van der Waals surface area (Å²) in [5.74, 6) is -0.694. The smallest absolute Gasteiger partial charge is 0.267 e. The Kier molecular flexibility index (Phi) is 4.49. The Bertz CT molecular complexity index is 976. The predicted molar refractivity (Wildman–Crippen MR) is 90.5 cm³/mol. The van der Waals surface area contributed by atoms with E-state index in [0.717, 1.165) is 22.7 Å². The maximum Gasteiger partial charge on any atom is 0.267 e. The van der Waals surface area contributed by atoms with Crippen LogP contribution in [0.5, 0.6) is 0 Å². The van der Waals surface area contributed by atoms with Gasteiger partial charge in [-0.3, -0.25) is 19.8 Å². The Balaban J connectivity index is 1.90. The lowest BCUT2D eigenvalue weighted by Crippen LogP contribution is -2.22. The molecule has 2 aromatic heterocycles. The van der Waals surface area contributed by atoms with E-state index in [1.165, 1.54) is 16.1 Å². The average Bonchev–Trinajstić information content (AvgIpc) is 2.62. The molecule has 0 radical (unpaired) electrons. The molecule has 2 N–H and O–H groups in total. The Morgan fingerprint density at radius 2 is 2.00 bits per heavy atom. The van der Waals surface area contributed by atoms with E-state index in [1.54, 1.807) is 18.3 Å². The molecule has 3 aromatic rings. The molecular weight excluding hydrogens is 306 g/mol. The van der Waals surface area contributed by atoms with Gasteiger partial charge in [-0.1, -0.05) is 24.3 Å². The molecule has 0 saturated carbocycles. The van der Waals surface area contributed by atoms with Crippen LogP contribution in [-0.2, 0) is 11.3 Å². The zero-order chi connectivity index (χ0) is 16.9. The van der Waals surface area contributed by atoms with Crippen LogP contribution in [0, 0.1) is 0 Å². The van der Waals surface area contributed by atoms with Gasteiger partial charge in [0.2, 0.25) is 0 Å². The minimum Gasteiger partial charge on any atom is -0.309 e. The topological polar surface area (TPSA) is 84.2 Å². The number of hydroxylamine groups is 1. The number of carbonyl (C=O) groups is 1. The van der Waals surface area contributed by atoms with Gasteiger partial charge in [0.05, 0.1) is 17.8 Å². The molecule has 1 amide bonds. The summed E-state index contributed by atoms with van der Waals surface area (Å²) in [6.07, 6.45) is 4.12. The third-order valence-electron chi connectivity index (χ3n) is 3.56. The van der Waals surface area contributed by atoms with Crippen LogP contribution in [0.4, 0.5) is 0 Å². The summed E-state index contributed by atoms with van der Waals surface area (Å²) in [5.41, 5.74) is 3.23. The average molecular weight is 321 g/mol. The van der Waals surface area contributed by atoms with Gasteiger partial charge in [-0.25, -0.2) is 5.48 Å². The monoisotopic (exact) mass is 321 g/mol. The van der Waals surface area contributed by atoms with Crippen molar-refractivity contribution in [2.24, 2.45) is 0 Å². The lowest BCUT2D eigenvalue weighted by atomic mass is 10.2. The molecule has 6 heteroatoms. The Hall–Kier alpha value is -3.25. The fraction of sp³-hybridized carbons (Fsp3) is 0.0556. The number of nitrogens with zero attached hydrogens (tertiary/aromatic N) is 2. The number of para-hydroxylation sites is 1. The molecular formula is C18H15N3O3. The van der Waals surface area contributed by atoms with E-state index in [4.69, 9.17) is 5.21 Å². The van der Waals surface area contributed by atoms with Crippen LogP contribution in [0.3, 0.4) is 0 Å². The number of rotatable bonds is 4. The summed E-state index contributed by atoms with van der Waals surface area (Å²) >= 11 is 0. The lowest BCUT2D eigenvalue weighted by molar-refractivity contribution is -0.124. The molecule has 0 aliphatic rings. The molecule has 6 nitrogen and oxygen atoms in total. The summed E-state index contributed by atoms with van der Waals surface area (Å²) < 4.78 is 1.52. The van der Waals surface area contributed by atoms with Crippen LogP contribution in [-0.4, -0.2) is 20.7 Å². The number of benzene rings is 1. The molecule has 0 unspecified atom stereocenters. The van der Waals surface area contributed by atoms with Crippen molar-refractivity contribution in [3.63, 3.8) is 0 Å². The number of amides is 1. The highest BCUT2D eigenvalue weighted by Gasteiger charge is 2.04. The molecule has 3 rings (SSSR count). The quantitative estimate of drug-likeness (QED) is 0.437. The van der Waals surface area contributed by atoms with Gasteiger partial charge >= 0.3 is 0 Å². The third-order valence-corrected chi connectivity index (χ3v) is 3.56. The maximum atomic E-state index is 12.4. The number of carbonyl (C=O) groups excluding carboxylic acids is 1. The van der Waals surface area contributed by atoms with E-state index in [-0.39, 0.29) is 5.56 Å². The van der Waals surface area contributed by atoms with Gasteiger partial charge in [-0.05, 0) is 30.3 Å². The molecule has 0 aliphatic heterocycles. The molecule has 0 fully saturated rings. The zero-order valence-corrected chi connectivity index (χ0v) is 12.7. The highest BCUT2D eigenvalue weighted by molar-refractivity contribution is 5.90. The minimum absolute atomic E-state index is 0.241. The highest BCUT2D eigenvalue weighted by Crippen LogP contribution is 2.12. The van der Waals surface area contributed by atoms with Crippen LogP contribution in [0.1, 0.15) is 11.3 Å². The van der Waals surface area contributed by atoms with Crippen LogP contribution in [0.15, 0.2) is 65.6 Å². The van der Waals surface area contributed by atoms with E-state index in [2.05, 4.69) is 4.98 Å². The normalized spacial score (nSPS) is 11.0. The molecule has 1 aromatic carbocycles. The standard InChI is InChI=1S/C18H15N3O3/c22-17(20-24)10-8-14-5-3-11-21(18(14)23)12-15-9-7-13-4-1-2-6-16(13)19-15/h1-11,24H,12H2,(H,20,22)/b10-8+. The van der Waals surface area contributed by atoms with Crippen molar-refractivity contribution >= 4 is 22.9 Å². The Morgan fingerprint density at radius 3 is 2.83 bits per heavy atom. The van der Waals surface area contributed by atoms with E-state index in [9.17, 15) is 9.59 Å². The molecule has 24 heavy (non-hydrogen) atoms. The van der Waals surface area contributed by atoms with Crippen LogP contribution in [0.25, 0.3) is 17.0 Å². The van der Waals surface area contributed by atoms with Gasteiger partial charge in [0, 0.05) is 23.2 Å². The largest absolute Gasteiger partial charge is 0.309 e. The summed E-state index contributed by atoms with van der Waals surface area (Å²) in [5, 5.41) is 9.52. The summed E-state index contributed by atoms with van der Waals surface area (Å²) in [4.78, 5) is 28.0. The van der Waals surface area contributed by atoms with Gasteiger partial charge < -0.3 is 4.57 Å². The second-order valence-corrected chi connectivity index (χ2v) is 5.20. The first-order chi connectivity index (χ1) is 11.7. The van der Waals surface area contributed by atoms with E-state index in [1.807, 2.05) is 36.4 Å². The number of hydrogen-bond acceptors (Lipinski definition) is 4. The lowest BCUT2D eigenvalue weighted by Gasteiger charge is -2.07. The van der Waals surface area contributed by atoms with E-state index in [0.29, 0.717) is 12.1 Å². The molecule has 0 aliphatic carbocycles. The van der Waals surface area contributed by atoms with Crippen molar-refractivity contribution in [3.05, 3.63) is 82.4 Å². The van der Waals surface area contributed by atoms with Gasteiger partial charge in [-0.15, -0.1) is 0 Å². The molecule has 0 bridgehead atoms. The number of hydrogen-bond donors (Lipinski definition) is 2. The molecule has 120 valence electrons. The Labute approximate surface area is 137 Å². The predicted octanol–water partition coefficient (Wildman–Crippen LogP) is 1.96. The van der Waals surface area contributed by atoms with Crippen LogP contribution in [0.2, 0.25) is 0 Å². The summed E-state index contributed by atoms with van der Waals surface area (Å²) in [7, 11) is 0. The van der Waals surface area contributed by atoms with Gasteiger partial charge in [0.1, 0.15) is 0 Å². The fourth-order valence-electron chi connectivity index (χ4n) is 2.38. The van der Waals surface area contributed by atoms with Crippen molar-refractivity contribution < 1.29 is 10.0 Å². The Morgan fingerprint density at radius 1 is 1.17 bits per heavy atom. The van der Waals surface area contributed by atoms with E-state index >= 15 is 0 Å². The number of nitrogens with one attached hydrogen (secondary N) is 1. The van der Waals surface area contributed by atoms with Crippen molar-refractivity contribution in [3.8, 4) is 0 Å². The number of pyridine rings is 2. The van der Waals surface area contributed by atoms with Crippen molar-refractivity contribution in [2.45, 2.75) is 6.54 Å². The maximum absolute atomic E-state index is 12.4. The highest BCUT2D eigenvalue weighted by atomic mass is 16.5. The minimum atomic E-state index is -0.694. The molecule has 0 spiro atoms. The van der Waals surface area contributed by atoms with Crippen LogP contribution >= 0.6 is 0 Å². The summed E-state index contributed by atoms with van der Waals surface area (Å²) in [6.45, 7) is 0.331. The summed E-state index contributed by atoms with van der Waals surface area (Å²) in [6, 6.07) is 15.0. The molecule has 0 saturated heterocycles. The molecule has 2 heterocycles.